The highest BCUT2D eigenvalue weighted by Crippen LogP contribution is 2.23. The molecular weight excluding hydrogens is 376 g/mol. The fourth-order valence-electron chi connectivity index (χ4n) is 3.24. The highest BCUT2D eigenvalue weighted by atomic mass is 32.1. The van der Waals surface area contributed by atoms with Crippen molar-refractivity contribution in [2.75, 3.05) is 18.0 Å². The minimum Gasteiger partial charge on any atom is -0.349 e. The molecule has 1 fully saturated rings. The summed E-state index contributed by atoms with van der Waals surface area (Å²) in [6, 6.07) is 3.98. The number of rotatable bonds is 5. The van der Waals surface area contributed by atoms with E-state index in [9.17, 15) is 4.79 Å². The van der Waals surface area contributed by atoms with Crippen LogP contribution in [0.25, 0.3) is 11.3 Å². The van der Waals surface area contributed by atoms with Crippen molar-refractivity contribution < 1.29 is 9.32 Å². The number of carbonyl (C=O) groups excluding carboxylic acids is 1. The van der Waals surface area contributed by atoms with Crippen molar-refractivity contribution >= 4 is 23.2 Å². The maximum atomic E-state index is 12.6. The topological polar surface area (TPSA) is 97.0 Å². The van der Waals surface area contributed by atoms with Crippen LogP contribution < -0.4 is 10.2 Å². The maximum Gasteiger partial charge on any atom is 0.266 e. The van der Waals surface area contributed by atoms with Crippen LogP contribution in [0.3, 0.4) is 0 Å². The molecule has 1 aliphatic rings. The number of pyridine rings is 1. The summed E-state index contributed by atoms with van der Waals surface area (Å²) >= 11 is 1.54. The normalized spacial score (nSPS) is 16.9. The lowest BCUT2D eigenvalue weighted by molar-refractivity contribution is -0.125. The maximum absolute atomic E-state index is 12.6. The standard InChI is InChI=1S/C19H22N6O2S/c1-12-5-6-14(8-20-12)16-11-28-17(23-16)9-21-18(26)15-4-3-7-25(10-15)19-22-13(2)27-24-19/h5-6,8,11,15H,3-4,7,9-10H2,1-2H3,(H,21,26)/t15-/m0/s1. The quantitative estimate of drug-likeness (QED) is 0.706. The fraction of sp³-hybridized carbons (Fsp3) is 0.421. The van der Waals surface area contributed by atoms with Gasteiger partial charge >= 0.3 is 0 Å². The van der Waals surface area contributed by atoms with Gasteiger partial charge in [-0.05, 0) is 37.1 Å². The molecule has 4 rings (SSSR count). The average molecular weight is 398 g/mol. The van der Waals surface area contributed by atoms with Gasteiger partial charge in [-0.3, -0.25) is 9.78 Å². The molecule has 1 amide bonds. The van der Waals surface area contributed by atoms with Crippen molar-refractivity contribution in [2.24, 2.45) is 5.92 Å². The lowest BCUT2D eigenvalue weighted by Crippen LogP contribution is -2.43. The Labute approximate surface area is 167 Å². The zero-order valence-electron chi connectivity index (χ0n) is 15.9. The van der Waals surface area contributed by atoms with Gasteiger partial charge in [0.25, 0.3) is 5.95 Å². The third kappa shape index (κ3) is 4.19. The number of aromatic nitrogens is 4. The number of piperidine rings is 1. The van der Waals surface area contributed by atoms with Crippen molar-refractivity contribution in [2.45, 2.75) is 33.2 Å². The molecular formula is C19H22N6O2S. The Bertz CT molecular complexity index is 952. The Morgan fingerprint density at radius 2 is 2.25 bits per heavy atom. The monoisotopic (exact) mass is 398 g/mol. The number of carbonyl (C=O) groups is 1. The molecule has 0 aromatic carbocycles. The number of hydrogen-bond donors (Lipinski definition) is 1. The van der Waals surface area contributed by atoms with Crippen LogP contribution >= 0.6 is 11.3 Å². The second-order valence-electron chi connectivity index (χ2n) is 6.93. The highest BCUT2D eigenvalue weighted by Gasteiger charge is 2.28. The van der Waals surface area contributed by atoms with Gasteiger partial charge < -0.3 is 14.7 Å². The van der Waals surface area contributed by atoms with Crippen LogP contribution in [0, 0.1) is 19.8 Å². The minimum atomic E-state index is -0.0895. The van der Waals surface area contributed by atoms with E-state index in [-0.39, 0.29) is 11.8 Å². The summed E-state index contributed by atoms with van der Waals surface area (Å²) in [5, 5.41) is 9.86. The van der Waals surface area contributed by atoms with E-state index in [4.69, 9.17) is 4.52 Å². The van der Waals surface area contributed by atoms with Crippen molar-refractivity contribution in [1.82, 2.24) is 25.4 Å². The van der Waals surface area contributed by atoms with Gasteiger partial charge in [-0.2, -0.15) is 4.98 Å². The zero-order valence-corrected chi connectivity index (χ0v) is 16.7. The van der Waals surface area contributed by atoms with E-state index in [1.807, 2.05) is 35.5 Å². The number of nitrogens with zero attached hydrogens (tertiary/aromatic N) is 5. The number of thiazole rings is 1. The van der Waals surface area contributed by atoms with Crippen LogP contribution in [0.2, 0.25) is 0 Å². The van der Waals surface area contributed by atoms with Crippen LogP contribution in [0.4, 0.5) is 5.95 Å². The van der Waals surface area contributed by atoms with Crippen molar-refractivity contribution in [3.8, 4) is 11.3 Å². The predicted molar refractivity (Wildman–Crippen MR) is 106 cm³/mol. The summed E-state index contributed by atoms with van der Waals surface area (Å²) in [7, 11) is 0. The van der Waals surface area contributed by atoms with Crippen molar-refractivity contribution in [1.29, 1.82) is 0 Å². The smallest absolute Gasteiger partial charge is 0.266 e. The van der Waals surface area contributed by atoms with Crippen molar-refractivity contribution in [3.63, 3.8) is 0 Å². The van der Waals surface area contributed by atoms with E-state index in [1.54, 1.807) is 18.3 Å². The van der Waals surface area contributed by atoms with E-state index >= 15 is 0 Å². The number of nitrogens with one attached hydrogen (secondary N) is 1. The molecule has 0 saturated carbocycles. The molecule has 146 valence electrons. The van der Waals surface area contributed by atoms with Gasteiger partial charge in [0.05, 0.1) is 18.2 Å². The zero-order chi connectivity index (χ0) is 19.5. The van der Waals surface area contributed by atoms with Gasteiger partial charge in [0.15, 0.2) is 0 Å². The van der Waals surface area contributed by atoms with E-state index in [1.165, 1.54) is 0 Å². The van der Waals surface area contributed by atoms with Crippen LogP contribution in [0.5, 0.6) is 0 Å². The van der Waals surface area contributed by atoms with Gasteiger partial charge in [-0.25, -0.2) is 4.98 Å². The van der Waals surface area contributed by atoms with Gasteiger partial charge in [-0.15, -0.1) is 11.3 Å². The first-order valence-electron chi connectivity index (χ1n) is 9.29. The number of amides is 1. The van der Waals surface area contributed by atoms with E-state index < -0.39 is 0 Å². The first-order chi connectivity index (χ1) is 13.6. The highest BCUT2D eigenvalue weighted by molar-refractivity contribution is 7.09. The third-order valence-electron chi connectivity index (χ3n) is 4.76. The van der Waals surface area contributed by atoms with Gasteiger partial charge in [0, 0.05) is 42.8 Å². The Balaban J connectivity index is 1.33. The van der Waals surface area contributed by atoms with Crippen LogP contribution in [-0.4, -0.2) is 39.1 Å². The summed E-state index contributed by atoms with van der Waals surface area (Å²) in [5.41, 5.74) is 2.85. The Morgan fingerprint density at radius 1 is 1.36 bits per heavy atom. The predicted octanol–water partition coefficient (Wildman–Crippen LogP) is 2.74. The van der Waals surface area contributed by atoms with E-state index in [0.29, 0.717) is 24.9 Å². The molecule has 28 heavy (non-hydrogen) atoms. The molecule has 1 aliphatic heterocycles. The molecule has 4 heterocycles. The van der Waals surface area contributed by atoms with Gasteiger partial charge in [0.1, 0.15) is 5.01 Å². The van der Waals surface area contributed by atoms with Crippen LogP contribution in [0.1, 0.15) is 29.4 Å². The molecule has 3 aromatic rings. The van der Waals surface area contributed by atoms with Crippen molar-refractivity contribution in [3.05, 3.63) is 40.3 Å². The Hall–Kier alpha value is -2.81. The molecule has 9 heteroatoms. The average Bonchev–Trinajstić information content (AvgIpc) is 3.36. The third-order valence-corrected chi connectivity index (χ3v) is 5.61. The molecule has 1 saturated heterocycles. The molecule has 0 bridgehead atoms. The summed E-state index contributed by atoms with van der Waals surface area (Å²) < 4.78 is 5.05. The molecule has 8 nitrogen and oxygen atoms in total. The lowest BCUT2D eigenvalue weighted by Gasteiger charge is -2.30. The molecule has 0 spiro atoms. The molecule has 0 radical (unpaired) electrons. The second-order valence-corrected chi connectivity index (χ2v) is 7.87. The molecule has 1 atom stereocenters. The SMILES string of the molecule is Cc1ccc(-c2csc(CNC(=O)[C@H]3CCCN(c4noc(C)n4)C3)n2)cn1. The fourth-order valence-corrected chi connectivity index (χ4v) is 3.98. The van der Waals surface area contributed by atoms with Gasteiger partial charge in [0.2, 0.25) is 11.8 Å². The summed E-state index contributed by atoms with van der Waals surface area (Å²) in [5.74, 6) is 1.04. The van der Waals surface area contributed by atoms with Gasteiger partial charge in [-0.1, -0.05) is 0 Å². The van der Waals surface area contributed by atoms with E-state index in [0.717, 1.165) is 41.3 Å². The van der Waals surface area contributed by atoms with Crippen LogP contribution in [0.15, 0.2) is 28.2 Å². The number of anilines is 1. The van der Waals surface area contributed by atoms with Crippen LogP contribution in [-0.2, 0) is 11.3 Å². The summed E-state index contributed by atoms with van der Waals surface area (Å²) in [6.07, 6.45) is 3.60. The lowest BCUT2D eigenvalue weighted by atomic mass is 9.97. The number of aryl methyl sites for hydroxylation is 2. The largest absolute Gasteiger partial charge is 0.349 e. The second kappa shape index (κ2) is 8.05. The Morgan fingerprint density at radius 3 is 3.00 bits per heavy atom. The minimum absolute atomic E-state index is 0.0404. The summed E-state index contributed by atoms with van der Waals surface area (Å²) in [6.45, 7) is 5.59. The molecule has 0 unspecified atom stereocenters. The van der Waals surface area contributed by atoms with E-state index in [2.05, 4.69) is 25.4 Å². The number of hydrogen-bond acceptors (Lipinski definition) is 8. The Kier molecular flexibility index (Phi) is 5.34. The molecule has 3 aromatic heterocycles. The molecule has 1 N–H and O–H groups in total. The molecule has 0 aliphatic carbocycles. The first kappa shape index (κ1) is 18.5. The summed E-state index contributed by atoms with van der Waals surface area (Å²) in [4.78, 5) is 27.8. The first-order valence-corrected chi connectivity index (χ1v) is 10.2.